The van der Waals surface area contributed by atoms with Crippen LogP contribution in [0.15, 0.2) is 54.6 Å². The van der Waals surface area contributed by atoms with Gasteiger partial charge in [0.1, 0.15) is 17.3 Å². The summed E-state index contributed by atoms with van der Waals surface area (Å²) in [7, 11) is 0. The van der Waals surface area contributed by atoms with Gasteiger partial charge in [-0.1, -0.05) is 42.0 Å². The molecule has 0 unspecified atom stereocenters. The van der Waals surface area contributed by atoms with Crippen LogP contribution >= 0.6 is 0 Å². The molecule has 0 spiro atoms. The summed E-state index contributed by atoms with van der Waals surface area (Å²) in [4.78, 5) is 32.7. The van der Waals surface area contributed by atoms with Gasteiger partial charge in [0.25, 0.3) is 5.91 Å². The van der Waals surface area contributed by atoms with Gasteiger partial charge < -0.3 is 10.6 Å². The molecule has 0 radical (unpaired) electrons. The molecule has 0 saturated carbocycles. The van der Waals surface area contributed by atoms with Crippen molar-refractivity contribution in [2.24, 2.45) is 0 Å². The Bertz CT molecular complexity index is 1010. The highest BCUT2D eigenvalue weighted by molar-refractivity contribution is 6.04. The molecule has 0 fully saturated rings. The number of hydrogen-bond acceptors (Lipinski definition) is 5. The summed E-state index contributed by atoms with van der Waals surface area (Å²) in [6, 6.07) is 16.6. The number of carbonyl (C=O) groups is 2. The van der Waals surface area contributed by atoms with Crippen LogP contribution in [0.1, 0.15) is 44.7 Å². The number of aryl methyl sites for hydroxylation is 2. The van der Waals surface area contributed by atoms with Crippen LogP contribution in [0.2, 0.25) is 0 Å². The highest BCUT2D eigenvalue weighted by Crippen LogP contribution is 2.14. The standard InChI is InChI=1S/C22H22N4O2/c1-14-7-9-17(10-8-14)13-23-21-12-20(24-16(3)25-21)22(28)26-19-6-4-5-18(11-19)15(2)27/h4-12H,13H2,1-3H3,(H,26,28)(H,23,24,25). The number of Topliss-reactive ketones (excluding diaryl/α,β-unsaturated/α-hetero) is 1. The summed E-state index contributed by atoms with van der Waals surface area (Å²) in [5, 5.41) is 6.01. The molecule has 1 aromatic heterocycles. The van der Waals surface area contributed by atoms with Gasteiger partial charge in [0.2, 0.25) is 0 Å². The van der Waals surface area contributed by atoms with Crippen molar-refractivity contribution >= 4 is 23.2 Å². The monoisotopic (exact) mass is 374 g/mol. The van der Waals surface area contributed by atoms with E-state index in [1.807, 2.05) is 19.1 Å². The number of aromatic nitrogens is 2. The molecule has 2 N–H and O–H groups in total. The molecule has 28 heavy (non-hydrogen) atoms. The van der Waals surface area contributed by atoms with Crippen molar-refractivity contribution in [1.82, 2.24) is 9.97 Å². The van der Waals surface area contributed by atoms with Crippen LogP contribution in [0.5, 0.6) is 0 Å². The lowest BCUT2D eigenvalue weighted by Gasteiger charge is -2.10. The number of rotatable bonds is 6. The quantitative estimate of drug-likeness (QED) is 0.633. The molecule has 0 aliphatic rings. The molecule has 0 aliphatic carbocycles. The lowest BCUT2D eigenvalue weighted by atomic mass is 10.1. The maximum absolute atomic E-state index is 12.6. The Morgan fingerprint density at radius 1 is 0.964 bits per heavy atom. The van der Waals surface area contributed by atoms with Crippen molar-refractivity contribution in [3.8, 4) is 0 Å². The number of ketones is 1. The summed E-state index contributed by atoms with van der Waals surface area (Å²) >= 11 is 0. The Morgan fingerprint density at radius 2 is 1.71 bits per heavy atom. The fraction of sp³-hybridized carbons (Fsp3) is 0.182. The lowest BCUT2D eigenvalue weighted by molar-refractivity contribution is 0.100. The van der Waals surface area contributed by atoms with Crippen LogP contribution in [-0.2, 0) is 6.54 Å². The van der Waals surface area contributed by atoms with Gasteiger partial charge in [0, 0.05) is 23.9 Å². The van der Waals surface area contributed by atoms with E-state index < -0.39 is 0 Å². The fourth-order valence-corrected chi connectivity index (χ4v) is 2.68. The second-order valence-corrected chi connectivity index (χ2v) is 6.62. The molecule has 6 nitrogen and oxygen atoms in total. The van der Waals surface area contributed by atoms with Crippen LogP contribution in [0.3, 0.4) is 0 Å². The van der Waals surface area contributed by atoms with Crippen LogP contribution in [0.25, 0.3) is 0 Å². The van der Waals surface area contributed by atoms with E-state index in [2.05, 4.69) is 32.7 Å². The van der Waals surface area contributed by atoms with Crippen molar-refractivity contribution in [2.45, 2.75) is 27.3 Å². The smallest absolute Gasteiger partial charge is 0.274 e. The number of nitrogens with one attached hydrogen (secondary N) is 2. The molecule has 0 saturated heterocycles. The van der Waals surface area contributed by atoms with Gasteiger partial charge in [-0.2, -0.15) is 0 Å². The molecule has 0 aliphatic heterocycles. The first-order chi connectivity index (χ1) is 13.4. The molecule has 142 valence electrons. The molecular weight excluding hydrogens is 352 g/mol. The van der Waals surface area contributed by atoms with Gasteiger partial charge in [-0.3, -0.25) is 9.59 Å². The van der Waals surface area contributed by atoms with Crippen molar-refractivity contribution in [1.29, 1.82) is 0 Å². The molecule has 1 heterocycles. The van der Waals surface area contributed by atoms with Crippen LogP contribution in [0.4, 0.5) is 11.5 Å². The number of benzene rings is 2. The van der Waals surface area contributed by atoms with Gasteiger partial charge >= 0.3 is 0 Å². The first kappa shape index (κ1) is 19.2. The summed E-state index contributed by atoms with van der Waals surface area (Å²) in [6.07, 6.45) is 0. The Hall–Kier alpha value is -3.54. The molecule has 2 aromatic carbocycles. The average molecular weight is 374 g/mol. The maximum atomic E-state index is 12.6. The Kier molecular flexibility index (Phi) is 5.79. The third kappa shape index (κ3) is 5.01. The van der Waals surface area contributed by atoms with Crippen molar-refractivity contribution in [2.75, 3.05) is 10.6 Å². The van der Waals surface area contributed by atoms with E-state index in [9.17, 15) is 9.59 Å². The topological polar surface area (TPSA) is 84.0 Å². The van der Waals surface area contributed by atoms with E-state index >= 15 is 0 Å². The summed E-state index contributed by atoms with van der Waals surface area (Å²) in [5.41, 5.74) is 3.66. The van der Waals surface area contributed by atoms with Gasteiger partial charge in [-0.05, 0) is 38.5 Å². The first-order valence-corrected chi connectivity index (χ1v) is 8.98. The van der Waals surface area contributed by atoms with Crippen LogP contribution < -0.4 is 10.6 Å². The van der Waals surface area contributed by atoms with E-state index in [1.165, 1.54) is 12.5 Å². The summed E-state index contributed by atoms with van der Waals surface area (Å²) in [5.74, 6) is 0.661. The lowest BCUT2D eigenvalue weighted by Crippen LogP contribution is -2.16. The zero-order valence-corrected chi connectivity index (χ0v) is 16.1. The average Bonchev–Trinajstić information content (AvgIpc) is 2.67. The number of nitrogens with zero attached hydrogens (tertiary/aromatic N) is 2. The van der Waals surface area contributed by atoms with Gasteiger partial charge in [-0.25, -0.2) is 9.97 Å². The Balaban J connectivity index is 1.73. The minimum Gasteiger partial charge on any atom is -0.366 e. The van der Waals surface area contributed by atoms with E-state index in [4.69, 9.17) is 0 Å². The van der Waals surface area contributed by atoms with E-state index in [0.29, 0.717) is 29.4 Å². The highest BCUT2D eigenvalue weighted by atomic mass is 16.2. The van der Waals surface area contributed by atoms with Gasteiger partial charge in [0.15, 0.2) is 5.78 Å². The summed E-state index contributed by atoms with van der Waals surface area (Å²) in [6.45, 7) is 5.87. The largest absolute Gasteiger partial charge is 0.366 e. The Morgan fingerprint density at radius 3 is 2.43 bits per heavy atom. The van der Waals surface area contributed by atoms with E-state index in [1.54, 1.807) is 37.3 Å². The third-order valence-electron chi connectivity index (χ3n) is 4.19. The number of hydrogen-bond donors (Lipinski definition) is 2. The molecule has 3 rings (SSSR count). The SMILES string of the molecule is CC(=O)c1cccc(NC(=O)c2cc(NCc3ccc(C)cc3)nc(C)n2)c1. The normalized spacial score (nSPS) is 10.4. The summed E-state index contributed by atoms with van der Waals surface area (Å²) < 4.78 is 0. The third-order valence-corrected chi connectivity index (χ3v) is 4.19. The molecular formula is C22H22N4O2. The second kappa shape index (κ2) is 8.43. The molecule has 6 heteroatoms. The molecule has 0 atom stereocenters. The van der Waals surface area contributed by atoms with E-state index in [0.717, 1.165) is 5.56 Å². The maximum Gasteiger partial charge on any atom is 0.274 e. The van der Waals surface area contributed by atoms with Crippen molar-refractivity contribution in [3.05, 3.63) is 82.8 Å². The highest BCUT2D eigenvalue weighted by Gasteiger charge is 2.12. The minimum absolute atomic E-state index is 0.0587. The Labute approximate surface area is 164 Å². The first-order valence-electron chi connectivity index (χ1n) is 8.98. The second-order valence-electron chi connectivity index (χ2n) is 6.62. The fourth-order valence-electron chi connectivity index (χ4n) is 2.68. The molecule has 1 amide bonds. The number of amides is 1. The van der Waals surface area contributed by atoms with Crippen molar-refractivity contribution in [3.63, 3.8) is 0 Å². The zero-order valence-electron chi connectivity index (χ0n) is 16.1. The number of anilines is 2. The molecule has 3 aromatic rings. The number of carbonyl (C=O) groups excluding carboxylic acids is 2. The zero-order chi connectivity index (χ0) is 20.1. The minimum atomic E-state index is -0.357. The van der Waals surface area contributed by atoms with Crippen molar-refractivity contribution < 1.29 is 9.59 Å². The predicted octanol–water partition coefficient (Wildman–Crippen LogP) is 4.16. The van der Waals surface area contributed by atoms with Gasteiger partial charge in [-0.15, -0.1) is 0 Å². The van der Waals surface area contributed by atoms with Crippen LogP contribution in [0, 0.1) is 13.8 Å². The predicted molar refractivity (Wildman–Crippen MR) is 110 cm³/mol. The van der Waals surface area contributed by atoms with E-state index in [-0.39, 0.29) is 17.4 Å². The van der Waals surface area contributed by atoms with Gasteiger partial charge in [0.05, 0.1) is 0 Å². The van der Waals surface area contributed by atoms with Crippen LogP contribution in [-0.4, -0.2) is 21.7 Å². The molecule has 0 bridgehead atoms.